The van der Waals surface area contributed by atoms with Gasteiger partial charge in [0.1, 0.15) is 22.5 Å². The number of carboxylic acids is 1. The number of amides is 2. The maximum Gasteiger partial charge on any atom is 0.347 e. The summed E-state index contributed by atoms with van der Waals surface area (Å²) >= 11 is 5.19. The Bertz CT molecular complexity index is 1130. The van der Waals surface area contributed by atoms with Crippen LogP contribution in [0, 0.1) is 5.41 Å². The van der Waals surface area contributed by atoms with Gasteiger partial charge in [0.15, 0.2) is 10.8 Å². The molecule has 3 aliphatic heterocycles. The molecule has 4 rings (SSSR count). The zero-order valence-corrected chi connectivity index (χ0v) is 22.7. The molecule has 2 fully saturated rings. The highest BCUT2D eigenvalue weighted by molar-refractivity contribution is 8.13. The highest BCUT2D eigenvalue weighted by Crippen LogP contribution is 2.44. The molecule has 1 aromatic rings. The second kappa shape index (κ2) is 11.8. The third kappa shape index (κ3) is 6.07. The second-order valence-electron chi connectivity index (χ2n) is 7.94. The summed E-state index contributed by atoms with van der Waals surface area (Å²) in [6, 6.07) is -0.886. The van der Waals surface area contributed by atoms with E-state index in [-0.39, 0.29) is 41.2 Å². The van der Waals surface area contributed by atoms with Gasteiger partial charge in [-0.25, -0.2) is 14.2 Å². The van der Waals surface area contributed by atoms with E-state index in [1.54, 1.807) is 16.9 Å². The molecule has 4 N–H and O–H groups in total. The van der Waals surface area contributed by atoms with Crippen molar-refractivity contribution in [3.05, 3.63) is 11.1 Å². The Balaban J connectivity index is 1.40. The van der Waals surface area contributed by atoms with Crippen LogP contribution in [0.25, 0.3) is 0 Å². The standard InChI is InChI=1S/C19H23N7O7S4/c1-2-32-11(27)3-33-24-12(10-4-35-18(20)22-10)14(28)23-13-15(29)25-5-19(17(30)31,6-36-16(13)25)7-37-26-9-34-8-21-26/h4,8,13,16H,2-3,5-7,9H2,1H3,(H2,20,22)(H,23,28)(H,30,31)/t13?,16-,19?/m1/s1. The first-order valence-electron chi connectivity index (χ1n) is 10.8. The van der Waals surface area contributed by atoms with Gasteiger partial charge in [0, 0.05) is 23.4 Å². The molecule has 14 nitrogen and oxygen atoms in total. The van der Waals surface area contributed by atoms with Gasteiger partial charge in [0.2, 0.25) is 12.5 Å². The number of β-lactam (4-membered cyclic amide) rings is 1. The first kappa shape index (κ1) is 27.3. The molecule has 2 amide bonds. The Hall–Kier alpha value is -2.70. The quantitative estimate of drug-likeness (QED) is 0.104. The van der Waals surface area contributed by atoms with Crippen molar-refractivity contribution in [1.82, 2.24) is 19.6 Å². The number of aliphatic carboxylic acids is 1. The molecule has 0 bridgehead atoms. The minimum absolute atomic E-state index is 0.0229. The number of carbonyl (C=O) groups is 4. The van der Waals surface area contributed by atoms with E-state index in [2.05, 4.69) is 20.6 Å². The van der Waals surface area contributed by atoms with E-state index >= 15 is 0 Å². The van der Waals surface area contributed by atoms with Crippen molar-refractivity contribution >= 4 is 87.0 Å². The molecular formula is C19H23N7O7S4. The fourth-order valence-corrected chi connectivity index (χ4v) is 7.58. The number of carboxylic acid groups (broad SMARTS) is 1. The summed E-state index contributed by atoms with van der Waals surface area (Å²) in [4.78, 5) is 60.2. The fourth-order valence-electron chi connectivity index (χ4n) is 3.55. The molecule has 0 spiro atoms. The third-order valence-corrected chi connectivity index (χ3v) is 9.70. The number of anilines is 1. The van der Waals surface area contributed by atoms with Crippen molar-refractivity contribution in [2.24, 2.45) is 15.7 Å². The summed E-state index contributed by atoms with van der Waals surface area (Å²) in [5, 5.41) is 21.7. The third-order valence-electron chi connectivity index (χ3n) is 5.43. The number of hydrogen-bond donors (Lipinski definition) is 3. The topological polar surface area (TPSA) is 189 Å². The van der Waals surface area contributed by atoms with Crippen molar-refractivity contribution in [3.8, 4) is 0 Å². The normalized spacial score (nSPS) is 24.9. The van der Waals surface area contributed by atoms with E-state index in [4.69, 9.17) is 15.3 Å². The van der Waals surface area contributed by atoms with E-state index in [1.165, 1.54) is 45.8 Å². The lowest BCUT2D eigenvalue weighted by molar-refractivity contribution is -0.157. The minimum Gasteiger partial charge on any atom is -0.481 e. The number of hydrazone groups is 1. The predicted octanol–water partition coefficient (Wildman–Crippen LogP) is 0.0778. The average molecular weight is 590 g/mol. The van der Waals surface area contributed by atoms with Crippen molar-refractivity contribution in [3.63, 3.8) is 0 Å². The average Bonchev–Trinajstić information content (AvgIpc) is 3.55. The zero-order chi connectivity index (χ0) is 26.6. The van der Waals surface area contributed by atoms with Gasteiger partial charge in [-0.2, -0.15) is 5.10 Å². The molecule has 0 saturated carbocycles. The maximum absolute atomic E-state index is 13.1. The first-order chi connectivity index (χ1) is 17.7. The van der Waals surface area contributed by atoms with E-state index in [1.807, 2.05) is 0 Å². The number of thiazole rings is 1. The Morgan fingerprint density at radius 2 is 2.24 bits per heavy atom. The number of thioether (sulfide) groups is 2. The maximum atomic E-state index is 13.1. The van der Waals surface area contributed by atoms with Crippen LogP contribution >= 0.6 is 46.8 Å². The van der Waals surface area contributed by atoms with Crippen LogP contribution in [0.3, 0.4) is 0 Å². The van der Waals surface area contributed by atoms with Crippen LogP contribution in [-0.2, 0) is 28.8 Å². The number of carbonyl (C=O) groups excluding carboxylic acids is 3. The number of ether oxygens (including phenoxy) is 1. The molecular weight excluding hydrogens is 567 g/mol. The SMILES string of the molecule is CCOC(=O)CON=C(C(=O)NC1C(=O)N2CC(CSN3CSC=N3)(C(=O)O)CS[C@H]12)c1csc(N)n1. The van der Waals surface area contributed by atoms with Crippen LogP contribution in [0.2, 0.25) is 0 Å². The Labute approximate surface area is 227 Å². The summed E-state index contributed by atoms with van der Waals surface area (Å²) in [5.41, 5.74) is 6.08. The van der Waals surface area contributed by atoms with E-state index in [0.29, 0.717) is 5.88 Å². The molecule has 0 aliphatic carbocycles. The molecule has 0 radical (unpaired) electrons. The molecule has 4 heterocycles. The van der Waals surface area contributed by atoms with Gasteiger partial charge in [-0.1, -0.05) is 16.9 Å². The number of hydrogen-bond acceptors (Lipinski definition) is 15. The first-order valence-corrected chi connectivity index (χ1v) is 14.7. The number of nitrogens with zero attached hydrogens (tertiary/aromatic N) is 5. The van der Waals surface area contributed by atoms with E-state index < -0.39 is 47.2 Å². The minimum atomic E-state index is -1.15. The number of nitrogen functional groups attached to an aromatic ring is 1. The van der Waals surface area contributed by atoms with Gasteiger partial charge >= 0.3 is 11.9 Å². The second-order valence-corrected chi connectivity index (χ2v) is 11.7. The fraction of sp³-hybridized carbons (Fsp3) is 0.526. The highest BCUT2D eigenvalue weighted by Gasteiger charge is 2.57. The summed E-state index contributed by atoms with van der Waals surface area (Å²) in [5.74, 6) is -1.67. The smallest absolute Gasteiger partial charge is 0.347 e. The van der Waals surface area contributed by atoms with Crippen molar-refractivity contribution in [1.29, 1.82) is 0 Å². The Morgan fingerprint density at radius 3 is 2.89 bits per heavy atom. The molecule has 18 heteroatoms. The van der Waals surface area contributed by atoms with Gasteiger partial charge in [0.05, 0.1) is 18.0 Å². The van der Waals surface area contributed by atoms with Crippen LogP contribution in [0.1, 0.15) is 12.6 Å². The Morgan fingerprint density at radius 1 is 1.43 bits per heavy atom. The molecule has 2 saturated heterocycles. The molecule has 3 aliphatic rings. The van der Waals surface area contributed by atoms with Crippen LogP contribution in [0.15, 0.2) is 15.6 Å². The monoisotopic (exact) mass is 589 g/mol. The van der Waals surface area contributed by atoms with Gasteiger partial charge in [-0.05, 0) is 18.9 Å². The number of aromatic nitrogens is 1. The number of oxime groups is 1. The molecule has 1 aromatic heterocycles. The predicted molar refractivity (Wildman–Crippen MR) is 141 cm³/mol. The lowest BCUT2D eigenvalue weighted by Gasteiger charge is -2.53. The lowest BCUT2D eigenvalue weighted by atomic mass is 9.89. The van der Waals surface area contributed by atoms with E-state index in [0.717, 1.165) is 11.3 Å². The molecule has 3 atom stereocenters. The number of nitrogens with one attached hydrogen (secondary N) is 1. The summed E-state index contributed by atoms with van der Waals surface area (Å²) in [7, 11) is 0. The lowest BCUT2D eigenvalue weighted by Crippen LogP contribution is -2.74. The number of nitrogens with two attached hydrogens (primary N) is 1. The van der Waals surface area contributed by atoms with Crippen LogP contribution in [-0.4, -0.2) is 103 Å². The number of fused-ring (bicyclic) bond motifs is 1. The molecule has 0 aromatic carbocycles. The largest absolute Gasteiger partial charge is 0.481 e. The molecule has 200 valence electrons. The highest BCUT2D eigenvalue weighted by atomic mass is 32.2. The van der Waals surface area contributed by atoms with Crippen molar-refractivity contribution in [2.45, 2.75) is 18.3 Å². The number of rotatable bonds is 11. The van der Waals surface area contributed by atoms with E-state index in [9.17, 15) is 24.3 Å². The van der Waals surface area contributed by atoms with Crippen molar-refractivity contribution < 1.29 is 33.9 Å². The van der Waals surface area contributed by atoms with Crippen LogP contribution < -0.4 is 11.1 Å². The van der Waals surface area contributed by atoms with Gasteiger partial charge < -0.3 is 30.6 Å². The number of esters is 1. The zero-order valence-electron chi connectivity index (χ0n) is 19.4. The van der Waals surface area contributed by atoms with Gasteiger partial charge in [-0.15, -0.1) is 23.1 Å². The molecule has 2 unspecified atom stereocenters. The van der Waals surface area contributed by atoms with Gasteiger partial charge in [0.25, 0.3) is 5.91 Å². The van der Waals surface area contributed by atoms with Gasteiger partial charge in [-0.3, -0.25) is 14.4 Å². The van der Waals surface area contributed by atoms with Crippen LogP contribution in [0.5, 0.6) is 0 Å². The Kier molecular flexibility index (Phi) is 8.71. The summed E-state index contributed by atoms with van der Waals surface area (Å²) < 4.78 is 6.48. The van der Waals surface area contributed by atoms with Crippen LogP contribution in [0.4, 0.5) is 5.13 Å². The molecule has 37 heavy (non-hydrogen) atoms. The van der Waals surface area contributed by atoms with Crippen molar-refractivity contribution in [2.75, 3.05) is 42.9 Å². The summed E-state index contributed by atoms with van der Waals surface area (Å²) in [6.07, 6.45) is 0. The summed E-state index contributed by atoms with van der Waals surface area (Å²) in [6.45, 7) is 1.31.